The highest BCUT2D eigenvalue weighted by Gasteiger charge is 2.41. The maximum Gasteiger partial charge on any atom is 0.174 e. The summed E-state index contributed by atoms with van der Waals surface area (Å²) >= 11 is 7.26. The normalized spacial score (nSPS) is 20.2. The highest BCUT2D eigenvalue weighted by molar-refractivity contribution is 7.80. The second-order valence-corrected chi connectivity index (χ2v) is 6.87. The number of phenolic OH excluding ortho intramolecular Hbond substituents is 1. The lowest BCUT2D eigenvalue weighted by atomic mass is 10.0. The van der Waals surface area contributed by atoms with Gasteiger partial charge in [-0.3, -0.25) is 4.98 Å². The van der Waals surface area contributed by atoms with Crippen molar-refractivity contribution in [3.05, 3.63) is 76.7 Å². The molecule has 0 spiro atoms. The molecule has 4 nitrogen and oxygen atoms in total. The number of nitrogens with zero attached hydrogens (tertiary/aromatic N) is 2. The van der Waals surface area contributed by atoms with Crippen molar-refractivity contribution in [1.82, 2.24) is 10.3 Å². The molecule has 4 rings (SSSR count). The van der Waals surface area contributed by atoms with E-state index in [9.17, 15) is 5.11 Å². The quantitative estimate of drug-likeness (QED) is 0.696. The second kappa shape index (κ2) is 6.22. The number of aromatic nitrogens is 1. The molecule has 1 aromatic carbocycles. The van der Waals surface area contributed by atoms with Gasteiger partial charge in [0.25, 0.3) is 0 Å². The van der Waals surface area contributed by atoms with E-state index in [1.54, 1.807) is 23.6 Å². The van der Waals surface area contributed by atoms with E-state index in [1.165, 1.54) is 4.88 Å². The third-order valence-corrected chi connectivity index (χ3v) is 5.33. The van der Waals surface area contributed by atoms with Crippen LogP contribution in [0.15, 0.2) is 66.2 Å². The van der Waals surface area contributed by atoms with Gasteiger partial charge in [0.15, 0.2) is 5.11 Å². The molecule has 0 aliphatic carbocycles. The predicted molar refractivity (Wildman–Crippen MR) is 100 cm³/mol. The van der Waals surface area contributed by atoms with Gasteiger partial charge in [-0.1, -0.05) is 24.3 Å². The van der Waals surface area contributed by atoms with Gasteiger partial charge < -0.3 is 15.3 Å². The number of hydrogen-bond donors (Lipinski definition) is 2. The number of rotatable bonds is 3. The van der Waals surface area contributed by atoms with Crippen molar-refractivity contribution in [2.45, 2.75) is 12.1 Å². The molecule has 3 heterocycles. The van der Waals surface area contributed by atoms with E-state index >= 15 is 0 Å². The van der Waals surface area contributed by atoms with Crippen LogP contribution in [0.2, 0.25) is 0 Å². The SMILES string of the molecule is Oc1ccccc1N1C(=S)N[C@H](c2ccccn2)[C@@H]1c1cccs1. The highest BCUT2D eigenvalue weighted by Crippen LogP contribution is 2.45. The number of para-hydroxylation sites is 2. The first-order valence-corrected chi connectivity index (χ1v) is 8.86. The molecule has 0 radical (unpaired) electrons. The van der Waals surface area contributed by atoms with Gasteiger partial charge in [-0.2, -0.15) is 0 Å². The van der Waals surface area contributed by atoms with E-state index in [-0.39, 0.29) is 17.8 Å². The van der Waals surface area contributed by atoms with E-state index in [4.69, 9.17) is 12.2 Å². The van der Waals surface area contributed by atoms with Crippen LogP contribution in [-0.4, -0.2) is 15.2 Å². The van der Waals surface area contributed by atoms with Crippen molar-refractivity contribution < 1.29 is 5.11 Å². The van der Waals surface area contributed by atoms with Crippen molar-refractivity contribution in [2.75, 3.05) is 4.90 Å². The third-order valence-electron chi connectivity index (χ3n) is 4.07. The molecule has 2 aromatic heterocycles. The number of thiocarbonyl (C=S) groups is 1. The topological polar surface area (TPSA) is 48.4 Å². The minimum atomic E-state index is -0.0723. The number of hydrogen-bond acceptors (Lipinski definition) is 4. The van der Waals surface area contributed by atoms with E-state index in [2.05, 4.69) is 21.7 Å². The van der Waals surface area contributed by atoms with Crippen LogP contribution in [0.5, 0.6) is 5.75 Å². The molecule has 1 aliphatic heterocycles. The summed E-state index contributed by atoms with van der Waals surface area (Å²) in [5.41, 5.74) is 1.63. The van der Waals surface area contributed by atoms with Gasteiger partial charge in [-0.15, -0.1) is 11.3 Å². The summed E-state index contributed by atoms with van der Waals surface area (Å²) in [4.78, 5) is 7.65. The van der Waals surface area contributed by atoms with Gasteiger partial charge in [0.2, 0.25) is 0 Å². The predicted octanol–water partition coefficient (Wildman–Crippen LogP) is 4.03. The van der Waals surface area contributed by atoms with Crippen LogP contribution in [-0.2, 0) is 0 Å². The molecule has 0 unspecified atom stereocenters. The van der Waals surface area contributed by atoms with E-state index in [1.807, 2.05) is 47.4 Å². The molecule has 6 heteroatoms. The first kappa shape index (κ1) is 15.1. The van der Waals surface area contributed by atoms with Gasteiger partial charge in [-0.25, -0.2) is 0 Å². The third kappa shape index (κ3) is 2.53. The molecular weight excluding hydrogens is 338 g/mol. The first-order valence-electron chi connectivity index (χ1n) is 7.58. The standard InChI is InChI=1S/C18H15N3OS2/c22-14-8-2-1-7-13(14)21-17(15-9-5-11-24-15)16(20-18(21)23)12-6-3-4-10-19-12/h1-11,16-17,22H,(H,20,23)/t16-,17+/m1/s1. The fourth-order valence-corrected chi connectivity index (χ4v) is 4.22. The molecule has 1 saturated heterocycles. The molecule has 0 saturated carbocycles. The van der Waals surface area contributed by atoms with Gasteiger partial charge in [0.1, 0.15) is 5.75 Å². The maximum atomic E-state index is 10.3. The number of thiophene rings is 1. The zero-order valence-corrected chi connectivity index (χ0v) is 14.3. The maximum absolute atomic E-state index is 10.3. The highest BCUT2D eigenvalue weighted by atomic mass is 32.1. The summed E-state index contributed by atoms with van der Waals surface area (Å²) in [7, 11) is 0. The molecule has 2 atom stereocenters. The van der Waals surface area contributed by atoms with E-state index in [0.29, 0.717) is 10.8 Å². The van der Waals surface area contributed by atoms with Crippen molar-refractivity contribution in [3.8, 4) is 5.75 Å². The molecule has 24 heavy (non-hydrogen) atoms. The molecule has 1 aliphatic rings. The molecule has 0 amide bonds. The number of aromatic hydroxyl groups is 1. The lowest BCUT2D eigenvalue weighted by Gasteiger charge is -2.27. The molecule has 3 aromatic rings. The number of anilines is 1. The minimum Gasteiger partial charge on any atom is -0.506 e. The molecule has 2 N–H and O–H groups in total. The van der Waals surface area contributed by atoms with Crippen LogP contribution in [0, 0.1) is 0 Å². The molecule has 0 bridgehead atoms. The number of pyridine rings is 1. The lowest BCUT2D eigenvalue weighted by molar-refractivity contribution is 0.473. The molecular formula is C18H15N3OS2. The van der Waals surface area contributed by atoms with Crippen LogP contribution < -0.4 is 10.2 Å². The van der Waals surface area contributed by atoms with Gasteiger partial charge in [-0.05, 0) is 47.9 Å². The summed E-state index contributed by atoms with van der Waals surface area (Å²) in [6.45, 7) is 0. The summed E-state index contributed by atoms with van der Waals surface area (Å²) in [6, 6.07) is 17.1. The van der Waals surface area contributed by atoms with Crippen LogP contribution in [0.1, 0.15) is 22.7 Å². The fourth-order valence-electron chi connectivity index (χ4n) is 3.03. The molecule has 120 valence electrons. The average Bonchev–Trinajstić information content (AvgIpc) is 3.24. The van der Waals surface area contributed by atoms with Gasteiger partial charge in [0.05, 0.1) is 23.5 Å². The number of nitrogens with one attached hydrogen (secondary N) is 1. The van der Waals surface area contributed by atoms with Gasteiger partial charge in [0, 0.05) is 11.1 Å². The van der Waals surface area contributed by atoms with Crippen molar-refractivity contribution in [3.63, 3.8) is 0 Å². The minimum absolute atomic E-state index is 0.0549. The Morgan fingerprint density at radius 1 is 1.08 bits per heavy atom. The Morgan fingerprint density at radius 3 is 2.62 bits per heavy atom. The first-order chi connectivity index (χ1) is 11.8. The lowest BCUT2D eigenvalue weighted by Crippen LogP contribution is -2.29. The fraction of sp³-hybridized carbons (Fsp3) is 0.111. The van der Waals surface area contributed by atoms with Crippen molar-refractivity contribution in [1.29, 1.82) is 0 Å². The monoisotopic (exact) mass is 353 g/mol. The summed E-state index contributed by atoms with van der Waals surface area (Å²) in [5.74, 6) is 0.213. The van der Waals surface area contributed by atoms with Crippen LogP contribution in [0.3, 0.4) is 0 Å². The van der Waals surface area contributed by atoms with E-state index in [0.717, 1.165) is 5.69 Å². The summed E-state index contributed by atoms with van der Waals surface area (Å²) in [5, 5.41) is 16.3. The second-order valence-electron chi connectivity index (χ2n) is 5.50. The van der Waals surface area contributed by atoms with Crippen LogP contribution >= 0.6 is 23.6 Å². The summed E-state index contributed by atoms with van der Waals surface area (Å²) < 4.78 is 0. The number of benzene rings is 1. The largest absolute Gasteiger partial charge is 0.506 e. The molecule has 1 fully saturated rings. The van der Waals surface area contributed by atoms with Crippen LogP contribution in [0.25, 0.3) is 0 Å². The van der Waals surface area contributed by atoms with E-state index < -0.39 is 0 Å². The Hall–Kier alpha value is -2.44. The Morgan fingerprint density at radius 2 is 1.92 bits per heavy atom. The number of phenols is 1. The zero-order valence-electron chi connectivity index (χ0n) is 12.7. The van der Waals surface area contributed by atoms with Crippen LogP contribution in [0.4, 0.5) is 5.69 Å². The average molecular weight is 353 g/mol. The van der Waals surface area contributed by atoms with Crippen molar-refractivity contribution in [2.24, 2.45) is 0 Å². The Labute approximate surface area is 149 Å². The summed E-state index contributed by atoms with van der Waals surface area (Å²) in [6.07, 6.45) is 1.79. The van der Waals surface area contributed by atoms with Crippen molar-refractivity contribution >= 4 is 34.4 Å². The zero-order chi connectivity index (χ0) is 16.5. The Kier molecular flexibility index (Phi) is 3.92. The smallest absolute Gasteiger partial charge is 0.174 e. The Bertz CT molecular complexity index is 852. The van der Waals surface area contributed by atoms with Gasteiger partial charge >= 0.3 is 0 Å². The Balaban J connectivity index is 1.84.